The van der Waals surface area contributed by atoms with Crippen molar-refractivity contribution in [3.8, 4) is 0 Å². The lowest BCUT2D eigenvalue weighted by atomic mass is 10.2. The Balaban J connectivity index is 3.15. The zero-order valence-electron chi connectivity index (χ0n) is 9.88. The van der Waals surface area contributed by atoms with E-state index in [0.717, 1.165) is 6.08 Å². The molecule has 0 aromatic carbocycles. The van der Waals surface area contributed by atoms with Crippen LogP contribution < -0.4 is 4.13 Å². The highest BCUT2D eigenvalue weighted by molar-refractivity contribution is 8.07. The SMILES string of the molecule is C=CC1=CC=C(S(=O)(=O)NS(=O)(=O)C(F)(F)F)CC=C1. The standard InChI is InChI=1S/C10H10F3NO4S2/c1-2-8-4-3-5-9(7-6-8)19(15,16)14-20(17,18)10(11,12)13/h2-4,6-7,14H,1,5H2. The Morgan fingerprint density at radius 2 is 1.80 bits per heavy atom. The Morgan fingerprint density at radius 3 is 2.30 bits per heavy atom. The van der Waals surface area contributed by atoms with Gasteiger partial charge in [-0.3, -0.25) is 0 Å². The van der Waals surface area contributed by atoms with Gasteiger partial charge in [0.25, 0.3) is 0 Å². The Hall–Kier alpha value is -1.39. The average Bonchev–Trinajstić information content (AvgIpc) is 2.51. The van der Waals surface area contributed by atoms with E-state index < -0.39 is 30.5 Å². The first-order chi connectivity index (χ1) is 8.99. The molecule has 0 bridgehead atoms. The second-order valence-electron chi connectivity index (χ2n) is 3.65. The predicted octanol–water partition coefficient (Wildman–Crippen LogP) is 1.71. The van der Waals surface area contributed by atoms with Gasteiger partial charge in [0.15, 0.2) is 0 Å². The van der Waals surface area contributed by atoms with Crippen molar-refractivity contribution in [1.82, 2.24) is 4.13 Å². The lowest BCUT2D eigenvalue weighted by molar-refractivity contribution is -0.0441. The molecule has 0 saturated carbocycles. The molecule has 0 unspecified atom stereocenters. The molecule has 5 nitrogen and oxygen atoms in total. The van der Waals surface area contributed by atoms with Crippen LogP contribution in [0, 0.1) is 0 Å². The fourth-order valence-corrected chi connectivity index (χ4v) is 3.73. The number of hydrogen-bond acceptors (Lipinski definition) is 4. The summed E-state index contributed by atoms with van der Waals surface area (Å²) < 4.78 is 82.1. The van der Waals surface area contributed by atoms with Crippen molar-refractivity contribution in [2.75, 3.05) is 0 Å². The van der Waals surface area contributed by atoms with E-state index in [2.05, 4.69) is 6.58 Å². The van der Waals surface area contributed by atoms with Gasteiger partial charge in [-0.15, -0.1) is 0 Å². The molecule has 0 spiro atoms. The van der Waals surface area contributed by atoms with Crippen molar-refractivity contribution < 1.29 is 30.0 Å². The first kappa shape index (κ1) is 16.7. The first-order valence-electron chi connectivity index (χ1n) is 5.04. The van der Waals surface area contributed by atoms with Gasteiger partial charge in [-0.05, 0) is 11.6 Å². The molecule has 1 rings (SSSR count). The average molecular weight is 329 g/mol. The maximum atomic E-state index is 12.2. The molecular weight excluding hydrogens is 319 g/mol. The second kappa shape index (κ2) is 5.54. The summed E-state index contributed by atoms with van der Waals surface area (Å²) in [6.07, 6.45) is 6.35. The Kier molecular flexibility index (Phi) is 4.62. The lowest BCUT2D eigenvalue weighted by Gasteiger charge is -2.11. The number of allylic oxidation sites excluding steroid dienone is 7. The van der Waals surface area contributed by atoms with E-state index in [0.29, 0.717) is 9.70 Å². The zero-order chi connectivity index (χ0) is 15.6. The molecule has 0 aromatic rings. The van der Waals surface area contributed by atoms with E-state index in [1.807, 2.05) is 0 Å². The summed E-state index contributed by atoms with van der Waals surface area (Å²) in [6.45, 7) is 3.45. The minimum atomic E-state index is -5.98. The van der Waals surface area contributed by atoms with Crippen molar-refractivity contribution in [1.29, 1.82) is 0 Å². The van der Waals surface area contributed by atoms with Gasteiger partial charge in [0.1, 0.15) is 0 Å². The first-order valence-corrected chi connectivity index (χ1v) is 8.01. The van der Waals surface area contributed by atoms with Crippen LogP contribution in [0.1, 0.15) is 6.42 Å². The normalized spacial score (nSPS) is 17.1. The third-order valence-electron chi connectivity index (χ3n) is 2.20. The van der Waals surface area contributed by atoms with Gasteiger partial charge in [0.2, 0.25) is 10.0 Å². The summed E-state index contributed by atoms with van der Waals surface area (Å²) in [6, 6.07) is 0. The number of sulfonamides is 2. The van der Waals surface area contributed by atoms with Crippen LogP contribution in [0.4, 0.5) is 13.2 Å². The number of hydrogen-bond donors (Lipinski definition) is 1. The van der Waals surface area contributed by atoms with E-state index in [1.54, 1.807) is 0 Å². The van der Waals surface area contributed by atoms with Crippen molar-refractivity contribution in [3.63, 3.8) is 0 Å². The molecule has 0 aliphatic heterocycles. The number of alkyl halides is 3. The molecule has 0 heterocycles. The summed E-state index contributed by atoms with van der Waals surface area (Å²) >= 11 is 0. The second-order valence-corrected chi connectivity index (χ2v) is 7.31. The minimum absolute atomic E-state index is 0.240. The molecule has 0 saturated heterocycles. The van der Waals surface area contributed by atoms with Crippen LogP contribution in [0.5, 0.6) is 0 Å². The fourth-order valence-electron chi connectivity index (χ4n) is 1.20. The van der Waals surface area contributed by atoms with E-state index in [9.17, 15) is 30.0 Å². The molecule has 1 N–H and O–H groups in total. The summed E-state index contributed by atoms with van der Waals surface area (Å²) in [4.78, 5) is -0.501. The Morgan fingerprint density at radius 1 is 1.20 bits per heavy atom. The maximum Gasteiger partial charge on any atom is 0.512 e. The van der Waals surface area contributed by atoms with Crippen LogP contribution in [0.3, 0.4) is 0 Å². The predicted molar refractivity (Wildman–Crippen MR) is 67.2 cm³/mol. The highest BCUT2D eigenvalue weighted by atomic mass is 32.3. The molecule has 0 radical (unpaired) electrons. The molecule has 0 aromatic heterocycles. The number of nitrogens with one attached hydrogen (secondary N) is 1. The summed E-state index contributed by atoms with van der Waals surface area (Å²) in [7, 11) is -10.8. The van der Waals surface area contributed by atoms with Crippen LogP contribution in [-0.2, 0) is 20.0 Å². The molecule has 1 aliphatic carbocycles. The van der Waals surface area contributed by atoms with Gasteiger partial charge in [0, 0.05) is 6.42 Å². The number of rotatable bonds is 4. The molecular formula is C10H10F3NO4S2. The fraction of sp³-hybridized carbons (Fsp3) is 0.200. The molecule has 0 amide bonds. The van der Waals surface area contributed by atoms with E-state index in [-0.39, 0.29) is 6.42 Å². The van der Waals surface area contributed by atoms with E-state index >= 15 is 0 Å². The molecule has 112 valence electrons. The summed E-state index contributed by atoms with van der Waals surface area (Å²) in [5, 5.41) is 0. The molecule has 10 heteroatoms. The quantitative estimate of drug-likeness (QED) is 0.851. The third kappa shape index (κ3) is 3.81. The summed E-state index contributed by atoms with van der Waals surface area (Å²) in [5.41, 5.74) is -5.17. The van der Waals surface area contributed by atoms with E-state index in [4.69, 9.17) is 0 Å². The summed E-state index contributed by atoms with van der Waals surface area (Å²) in [5.74, 6) is 0. The smallest absolute Gasteiger partial charge is 0.206 e. The number of halogens is 3. The van der Waals surface area contributed by atoms with Crippen LogP contribution in [0.25, 0.3) is 0 Å². The van der Waals surface area contributed by atoms with Gasteiger partial charge in [-0.2, -0.15) is 13.2 Å². The molecule has 0 atom stereocenters. The minimum Gasteiger partial charge on any atom is -0.206 e. The van der Waals surface area contributed by atoms with Crippen LogP contribution >= 0.6 is 0 Å². The van der Waals surface area contributed by atoms with Gasteiger partial charge in [-0.1, -0.05) is 35.0 Å². The van der Waals surface area contributed by atoms with Crippen molar-refractivity contribution in [2.24, 2.45) is 0 Å². The Labute approximate surface area is 114 Å². The maximum absolute atomic E-state index is 12.2. The van der Waals surface area contributed by atoms with Gasteiger partial charge in [-0.25, -0.2) is 16.8 Å². The van der Waals surface area contributed by atoms with Crippen molar-refractivity contribution in [3.05, 3.63) is 47.4 Å². The largest absolute Gasteiger partial charge is 0.512 e. The third-order valence-corrected chi connectivity index (χ3v) is 5.55. The molecule has 0 fully saturated rings. The van der Waals surface area contributed by atoms with Gasteiger partial charge >= 0.3 is 15.5 Å². The highest BCUT2D eigenvalue weighted by Crippen LogP contribution is 2.24. The van der Waals surface area contributed by atoms with Crippen molar-refractivity contribution in [2.45, 2.75) is 11.9 Å². The Bertz CT molecular complexity index is 697. The zero-order valence-corrected chi connectivity index (χ0v) is 11.5. The highest BCUT2D eigenvalue weighted by Gasteiger charge is 2.48. The van der Waals surface area contributed by atoms with E-state index in [1.165, 1.54) is 24.3 Å². The van der Waals surface area contributed by atoms with Gasteiger partial charge < -0.3 is 0 Å². The van der Waals surface area contributed by atoms with Crippen LogP contribution in [0.15, 0.2) is 47.4 Å². The van der Waals surface area contributed by atoms with Crippen LogP contribution in [0.2, 0.25) is 0 Å². The molecule has 1 aliphatic rings. The van der Waals surface area contributed by atoms with Gasteiger partial charge in [0.05, 0.1) is 4.91 Å². The lowest BCUT2D eigenvalue weighted by Crippen LogP contribution is -2.40. The monoisotopic (exact) mass is 329 g/mol. The topological polar surface area (TPSA) is 80.3 Å². The van der Waals surface area contributed by atoms with Crippen LogP contribution in [-0.4, -0.2) is 22.3 Å². The molecule has 20 heavy (non-hydrogen) atoms. The van der Waals surface area contributed by atoms with Crippen molar-refractivity contribution >= 4 is 20.0 Å².